The molecular weight excluding hydrogens is 469 g/mol. The first-order chi connectivity index (χ1) is 16.7. The number of aromatic nitrogens is 4. The van der Waals surface area contributed by atoms with Crippen molar-refractivity contribution >= 4 is 17.7 Å². The van der Waals surface area contributed by atoms with E-state index in [9.17, 15) is 9.18 Å². The maximum Gasteiger partial charge on any atom is 0.410 e. The van der Waals surface area contributed by atoms with Crippen LogP contribution in [0.3, 0.4) is 0 Å². The Balaban J connectivity index is 1.44. The van der Waals surface area contributed by atoms with E-state index in [-0.39, 0.29) is 11.8 Å². The van der Waals surface area contributed by atoms with Crippen molar-refractivity contribution in [2.24, 2.45) is 0 Å². The Morgan fingerprint density at radius 3 is 2.63 bits per heavy atom. The maximum absolute atomic E-state index is 13.6. The molecule has 0 unspecified atom stereocenters. The van der Waals surface area contributed by atoms with E-state index < -0.39 is 17.6 Å². The third-order valence-electron chi connectivity index (χ3n) is 6.67. The highest BCUT2D eigenvalue weighted by atomic mass is 35.5. The van der Waals surface area contributed by atoms with E-state index in [2.05, 4.69) is 15.1 Å². The molecule has 5 rings (SSSR count). The van der Waals surface area contributed by atoms with E-state index in [1.165, 1.54) is 6.07 Å². The minimum Gasteiger partial charge on any atom is -0.444 e. The third-order valence-corrected chi connectivity index (χ3v) is 6.88. The number of halogens is 2. The molecule has 1 aliphatic heterocycles. The monoisotopic (exact) mass is 497 g/mol. The van der Waals surface area contributed by atoms with Crippen LogP contribution in [0, 0.1) is 5.95 Å². The quantitative estimate of drug-likeness (QED) is 0.417. The summed E-state index contributed by atoms with van der Waals surface area (Å²) in [4.78, 5) is 23.4. The van der Waals surface area contributed by atoms with Crippen LogP contribution >= 0.6 is 11.6 Å². The van der Waals surface area contributed by atoms with Gasteiger partial charge < -0.3 is 4.74 Å². The first kappa shape index (κ1) is 23.7. The summed E-state index contributed by atoms with van der Waals surface area (Å²) in [5.41, 5.74) is 4.64. The van der Waals surface area contributed by atoms with E-state index in [4.69, 9.17) is 21.4 Å². The molecule has 0 bridgehead atoms. The second-order valence-electron chi connectivity index (χ2n) is 10.4. The van der Waals surface area contributed by atoms with Gasteiger partial charge in [-0.2, -0.15) is 9.49 Å². The minimum atomic E-state index is -0.601. The van der Waals surface area contributed by atoms with Gasteiger partial charge >= 0.3 is 6.09 Å². The molecule has 184 valence electrons. The molecule has 3 aromatic rings. The molecule has 0 radical (unpaired) electrons. The van der Waals surface area contributed by atoms with Crippen molar-refractivity contribution in [1.82, 2.24) is 25.1 Å². The van der Waals surface area contributed by atoms with Crippen molar-refractivity contribution in [3.05, 3.63) is 64.1 Å². The number of fused-ring (bicyclic) bond motifs is 3. The van der Waals surface area contributed by atoms with Crippen LogP contribution in [0.1, 0.15) is 80.9 Å². The Hall–Kier alpha value is -3.00. The number of aromatic amines is 1. The molecule has 2 aliphatic rings. The minimum absolute atomic E-state index is 0.234. The summed E-state index contributed by atoms with van der Waals surface area (Å²) in [6.45, 7) is 6.24. The van der Waals surface area contributed by atoms with Gasteiger partial charge in [-0.25, -0.2) is 9.78 Å². The second-order valence-corrected chi connectivity index (χ2v) is 10.8. The number of pyridine rings is 2. The second kappa shape index (κ2) is 9.22. The van der Waals surface area contributed by atoms with Gasteiger partial charge in [0, 0.05) is 29.3 Å². The average Bonchev–Trinajstić information content (AvgIpc) is 3.13. The van der Waals surface area contributed by atoms with Gasteiger partial charge in [-0.3, -0.25) is 15.0 Å². The molecule has 1 saturated carbocycles. The molecule has 0 aromatic carbocycles. The van der Waals surface area contributed by atoms with Gasteiger partial charge in [0.25, 0.3) is 0 Å². The average molecular weight is 498 g/mol. The van der Waals surface area contributed by atoms with Crippen molar-refractivity contribution < 1.29 is 13.9 Å². The van der Waals surface area contributed by atoms with Crippen LogP contribution in [0.15, 0.2) is 30.5 Å². The smallest absolute Gasteiger partial charge is 0.410 e. The Labute approximate surface area is 209 Å². The Bertz CT molecular complexity index is 1250. The number of hydrogen-bond donors (Lipinski definition) is 1. The molecule has 1 aliphatic carbocycles. The van der Waals surface area contributed by atoms with Gasteiger partial charge in [0.1, 0.15) is 5.60 Å². The molecule has 4 heterocycles. The predicted molar refractivity (Wildman–Crippen MR) is 130 cm³/mol. The lowest BCUT2D eigenvalue weighted by Gasteiger charge is -2.28. The van der Waals surface area contributed by atoms with E-state index in [0.717, 1.165) is 59.6 Å². The largest absolute Gasteiger partial charge is 0.444 e. The van der Waals surface area contributed by atoms with Crippen LogP contribution in [-0.2, 0) is 17.8 Å². The van der Waals surface area contributed by atoms with Crippen molar-refractivity contribution in [2.45, 2.75) is 77.0 Å². The van der Waals surface area contributed by atoms with E-state index in [1.807, 2.05) is 32.9 Å². The highest BCUT2D eigenvalue weighted by Gasteiger charge is 2.34. The molecule has 1 N–H and O–H groups in total. The Morgan fingerprint density at radius 2 is 1.91 bits per heavy atom. The van der Waals surface area contributed by atoms with Crippen LogP contribution in [0.5, 0.6) is 0 Å². The number of nitrogens with zero attached hydrogens (tertiary/aromatic N) is 4. The number of hydrogen-bond acceptors (Lipinski definition) is 5. The van der Waals surface area contributed by atoms with Crippen LogP contribution in [0.2, 0.25) is 5.02 Å². The van der Waals surface area contributed by atoms with Crippen LogP contribution in [-0.4, -0.2) is 36.8 Å². The molecule has 0 atom stereocenters. The summed E-state index contributed by atoms with van der Waals surface area (Å²) in [6.07, 6.45) is 4.89. The molecular formula is C26H29ClFN5O2. The number of ether oxygens (including phenoxy) is 1. The topological polar surface area (TPSA) is 84.0 Å². The summed E-state index contributed by atoms with van der Waals surface area (Å²) in [6, 6.07) is 6.87. The lowest BCUT2D eigenvalue weighted by Crippen LogP contribution is -2.35. The molecule has 7 nitrogen and oxygen atoms in total. The van der Waals surface area contributed by atoms with Gasteiger partial charge in [-0.1, -0.05) is 17.7 Å². The number of nitrogens with one attached hydrogen (secondary N) is 1. The molecule has 1 fully saturated rings. The zero-order chi connectivity index (χ0) is 24.7. The van der Waals surface area contributed by atoms with Crippen LogP contribution in [0.4, 0.5) is 9.18 Å². The first-order valence-corrected chi connectivity index (χ1v) is 12.4. The van der Waals surface area contributed by atoms with Gasteiger partial charge in [0.05, 0.1) is 35.2 Å². The summed E-state index contributed by atoms with van der Waals surface area (Å²) in [7, 11) is 0. The molecule has 35 heavy (non-hydrogen) atoms. The standard InChI is InChI=1S/C26H29ClFN5O2/c1-26(2,3)35-25(34)33-13-17-11-18(27)12-29-23(17)22-20(14-33)31-32-24(22)16-9-7-15(8-10-16)19-5-4-6-21(28)30-19/h4-6,11-12,15-16H,7-10,13-14H2,1-3H3,(H,31,32). The summed E-state index contributed by atoms with van der Waals surface area (Å²) in [5.74, 6) is 0.0442. The molecule has 9 heteroatoms. The van der Waals surface area contributed by atoms with Crippen LogP contribution in [0.25, 0.3) is 11.3 Å². The fourth-order valence-corrected chi connectivity index (χ4v) is 5.30. The maximum atomic E-state index is 13.6. The lowest BCUT2D eigenvalue weighted by atomic mass is 9.78. The zero-order valence-electron chi connectivity index (χ0n) is 20.1. The third kappa shape index (κ3) is 5.03. The Kier molecular flexibility index (Phi) is 6.25. The van der Waals surface area contributed by atoms with Crippen molar-refractivity contribution in [2.75, 3.05) is 0 Å². The highest BCUT2D eigenvalue weighted by Crippen LogP contribution is 2.44. The first-order valence-electron chi connectivity index (χ1n) is 12.0. The number of amides is 1. The number of carbonyl (C=O) groups is 1. The van der Waals surface area contributed by atoms with Gasteiger partial charge in [0.15, 0.2) is 0 Å². The van der Waals surface area contributed by atoms with E-state index in [0.29, 0.717) is 18.1 Å². The normalized spacial score (nSPS) is 20.1. The van der Waals surface area contributed by atoms with E-state index >= 15 is 0 Å². The summed E-state index contributed by atoms with van der Waals surface area (Å²) >= 11 is 6.29. The summed E-state index contributed by atoms with van der Waals surface area (Å²) < 4.78 is 19.3. The SMILES string of the molecule is CC(C)(C)OC(=O)N1Cc2cc(Cl)cnc2-c2c(C3CCC(c4cccc(F)n4)CC3)n[nH]c2C1. The Morgan fingerprint density at radius 1 is 1.17 bits per heavy atom. The number of carbonyl (C=O) groups excluding carboxylic acids is 1. The lowest BCUT2D eigenvalue weighted by molar-refractivity contribution is 0.0216. The zero-order valence-corrected chi connectivity index (χ0v) is 20.9. The van der Waals surface area contributed by atoms with Crippen molar-refractivity contribution in [3.8, 4) is 11.3 Å². The van der Waals surface area contributed by atoms with Crippen molar-refractivity contribution in [1.29, 1.82) is 0 Å². The summed E-state index contributed by atoms with van der Waals surface area (Å²) in [5, 5.41) is 8.41. The fourth-order valence-electron chi connectivity index (χ4n) is 5.12. The van der Waals surface area contributed by atoms with E-state index in [1.54, 1.807) is 17.2 Å². The van der Waals surface area contributed by atoms with Gasteiger partial charge in [0.2, 0.25) is 5.95 Å². The predicted octanol–water partition coefficient (Wildman–Crippen LogP) is 6.35. The molecule has 3 aromatic heterocycles. The van der Waals surface area contributed by atoms with Crippen molar-refractivity contribution in [3.63, 3.8) is 0 Å². The molecule has 0 spiro atoms. The van der Waals surface area contributed by atoms with Gasteiger partial charge in [-0.15, -0.1) is 0 Å². The number of rotatable bonds is 2. The highest BCUT2D eigenvalue weighted by molar-refractivity contribution is 6.30. The fraction of sp³-hybridized carbons (Fsp3) is 0.462. The van der Waals surface area contributed by atoms with Crippen LogP contribution < -0.4 is 0 Å². The van der Waals surface area contributed by atoms with Gasteiger partial charge in [-0.05, 0) is 70.2 Å². The number of H-pyrrole nitrogens is 1. The molecule has 0 saturated heterocycles. The molecule has 1 amide bonds.